The summed E-state index contributed by atoms with van der Waals surface area (Å²) < 4.78 is 2.29. The second kappa shape index (κ2) is 8.07. The average Bonchev–Trinajstić information content (AvgIpc) is 2.80. The van der Waals surface area contributed by atoms with E-state index in [1.807, 2.05) is 0 Å². The Kier molecular flexibility index (Phi) is 5.12. The maximum Gasteiger partial charge on any atom is 0.220 e. The van der Waals surface area contributed by atoms with Gasteiger partial charge >= 0.3 is 0 Å². The van der Waals surface area contributed by atoms with Crippen molar-refractivity contribution in [3.63, 3.8) is 0 Å². The predicted molar refractivity (Wildman–Crippen MR) is 127 cm³/mol. The SMILES string of the molecule is Cc1ccc(C2CCCCC2)cc1-c1c2ccc(-c3ccccc3)cc2cc[n+]1C. The normalized spacial score (nSPS) is 14.9. The Morgan fingerprint density at radius 1 is 0.767 bits per heavy atom. The van der Waals surface area contributed by atoms with Gasteiger partial charge in [-0.15, -0.1) is 0 Å². The van der Waals surface area contributed by atoms with Crippen LogP contribution in [0.2, 0.25) is 0 Å². The van der Waals surface area contributed by atoms with E-state index in [2.05, 4.69) is 97.5 Å². The highest BCUT2D eigenvalue weighted by atomic mass is 14.9. The first-order valence-electron chi connectivity index (χ1n) is 11.3. The maximum atomic E-state index is 2.48. The van der Waals surface area contributed by atoms with Crippen molar-refractivity contribution in [1.29, 1.82) is 0 Å². The summed E-state index contributed by atoms with van der Waals surface area (Å²) in [6, 6.07) is 27.0. The molecule has 1 heterocycles. The minimum Gasteiger partial charge on any atom is -0.200 e. The van der Waals surface area contributed by atoms with Crippen LogP contribution < -0.4 is 4.57 Å². The Morgan fingerprint density at radius 2 is 1.57 bits per heavy atom. The van der Waals surface area contributed by atoms with Crippen LogP contribution in [-0.2, 0) is 7.05 Å². The van der Waals surface area contributed by atoms with E-state index in [9.17, 15) is 0 Å². The van der Waals surface area contributed by atoms with Gasteiger partial charge < -0.3 is 0 Å². The highest BCUT2D eigenvalue weighted by Gasteiger charge is 2.21. The molecule has 0 aliphatic heterocycles. The monoisotopic (exact) mass is 392 g/mol. The second-order valence-corrected chi connectivity index (χ2v) is 8.85. The van der Waals surface area contributed by atoms with Crippen LogP contribution >= 0.6 is 0 Å². The van der Waals surface area contributed by atoms with Crippen molar-refractivity contribution in [2.24, 2.45) is 7.05 Å². The molecule has 1 aromatic heterocycles. The smallest absolute Gasteiger partial charge is 0.200 e. The Balaban J connectivity index is 1.64. The quantitative estimate of drug-likeness (QED) is 0.321. The summed E-state index contributed by atoms with van der Waals surface area (Å²) >= 11 is 0. The topological polar surface area (TPSA) is 3.88 Å². The van der Waals surface area contributed by atoms with Crippen molar-refractivity contribution in [2.45, 2.75) is 44.9 Å². The minimum absolute atomic E-state index is 0.725. The molecular formula is C29H30N+. The molecule has 5 rings (SSSR count). The Hall–Kier alpha value is -2.93. The fourth-order valence-electron chi connectivity index (χ4n) is 5.10. The molecule has 1 aliphatic rings. The largest absolute Gasteiger partial charge is 0.220 e. The summed E-state index contributed by atoms with van der Waals surface area (Å²) in [7, 11) is 2.17. The van der Waals surface area contributed by atoms with Gasteiger partial charge in [0.15, 0.2) is 6.20 Å². The molecule has 1 nitrogen and oxygen atoms in total. The van der Waals surface area contributed by atoms with Crippen LogP contribution in [0.25, 0.3) is 33.2 Å². The molecule has 1 saturated carbocycles. The third-order valence-corrected chi connectivity index (χ3v) is 6.84. The van der Waals surface area contributed by atoms with Gasteiger partial charge in [0.05, 0.1) is 5.39 Å². The number of aromatic nitrogens is 1. The van der Waals surface area contributed by atoms with Gasteiger partial charge in [-0.1, -0.05) is 67.8 Å². The highest BCUT2D eigenvalue weighted by Crippen LogP contribution is 2.37. The standard InChI is InChI=1S/C29H30N/c1-21-13-14-25(23-11-7-4-8-12-23)20-28(21)29-27-16-15-24(22-9-5-3-6-10-22)19-26(27)17-18-30(29)2/h3,5-6,9-10,13-20,23H,4,7-8,11-12H2,1-2H3/q+1. The molecule has 0 N–H and O–H groups in total. The van der Waals surface area contributed by atoms with Gasteiger partial charge in [-0.25, -0.2) is 4.57 Å². The first-order chi connectivity index (χ1) is 14.7. The van der Waals surface area contributed by atoms with Gasteiger partial charge in [0.1, 0.15) is 7.05 Å². The summed E-state index contributed by atoms with van der Waals surface area (Å²) in [5.41, 5.74) is 8.11. The van der Waals surface area contributed by atoms with Crippen molar-refractivity contribution in [3.8, 4) is 22.4 Å². The van der Waals surface area contributed by atoms with Crippen molar-refractivity contribution >= 4 is 10.8 Å². The van der Waals surface area contributed by atoms with Gasteiger partial charge in [0.2, 0.25) is 5.69 Å². The van der Waals surface area contributed by atoms with Crippen LogP contribution in [0.1, 0.15) is 49.1 Å². The van der Waals surface area contributed by atoms with E-state index in [4.69, 9.17) is 0 Å². The zero-order chi connectivity index (χ0) is 20.5. The first-order valence-corrected chi connectivity index (χ1v) is 11.3. The van der Waals surface area contributed by atoms with Gasteiger partial charge in [-0.2, -0.15) is 0 Å². The van der Waals surface area contributed by atoms with Gasteiger partial charge in [0, 0.05) is 11.6 Å². The minimum atomic E-state index is 0.725. The summed E-state index contributed by atoms with van der Waals surface area (Å²) in [4.78, 5) is 0. The Labute approximate surface area is 180 Å². The number of aryl methyl sites for hydroxylation is 2. The Morgan fingerprint density at radius 3 is 2.37 bits per heavy atom. The molecule has 150 valence electrons. The van der Waals surface area contributed by atoms with Crippen molar-refractivity contribution in [3.05, 3.63) is 90.1 Å². The summed E-state index contributed by atoms with van der Waals surface area (Å²) in [5, 5.41) is 2.62. The van der Waals surface area contributed by atoms with Crippen LogP contribution in [0.4, 0.5) is 0 Å². The molecular weight excluding hydrogens is 362 g/mol. The molecule has 0 amide bonds. The Bertz CT molecular complexity index is 1180. The van der Waals surface area contributed by atoms with Gasteiger partial charge in [-0.3, -0.25) is 0 Å². The van der Waals surface area contributed by atoms with E-state index in [0.29, 0.717) is 0 Å². The third kappa shape index (κ3) is 3.54. The molecule has 0 atom stereocenters. The molecule has 0 unspecified atom stereocenters. The van der Waals surface area contributed by atoms with E-state index in [-0.39, 0.29) is 0 Å². The second-order valence-electron chi connectivity index (χ2n) is 8.85. The lowest BCUT2D eigenvalue weighted by Crippen LogP contribution is -2.30. The molecule has 30 heavy (non-hydrogen) atoms. The van der Waals surface area contributed by atoms with Crippen LogP contribution in [0.5, 0.6) is 0 Å². The van der Waals surface area contributed by atoms with E-state index in [1.54, 1.807) is 0 Å². The third-order valence-electron chi connectivity index (χ3n) is 6.84. The number of nitrogens with zero attached hydrogens (tertiary/aromatic N) is 1. The van der Waals surface area contributed by atoms with Crippen molar-refractivity contribution in [2.75, 3.05) is 0 Å². The van der Waals surface area contributed by atoms with E-state index < -0.39 is 0 Å². The fourth-order valence-corrected chi connectivity index (χ4v) is 5.10. The molecule has 1 aliphatic carbocycles. The number of hydrogen-bond acceptors (Lipinski definition) is 0. The molecule has 0 saturated heterocycles. The van der Waals surface area contributed by atoms with Crippen molar-refractivity contribution < 1.29 is 4.57 Å². The zero-order valence-corrected chi connectivity index (χ0v) is 18.1. The van der Waals surface area contributed by atoms with Crippen molar-refractivity contribution in [1.82, 2.24) is 0 Å². The molecule has 0 spiro atoms. The number of rotatable bonds is 3. The lowest BCUT2D eigenvalue weighted by atomic mass is 9.82. The highest BCUT2D eigenvalue weighted by molar-refractivity contribution is 5.96. The van der Waals surface area contributed by atoms with E-state index in [1.165, 1.54) is 76.4 Å². The van der Waals surface area contributed by atoms with Crippen LogP contribution in [0.15, 0.2) is 79.0 Å². The number of fused-ring (bicyclic) bond motifs is 1. The maximum absolute atomic E-state index is 2.48. The van der Waals surface area contributed by atoms with Gasteiger partial charge in [-0.05, 0) is 71.5 Å². The molecule has 3 aromatic carbocycles. The molecule has 0 radical (unpaired) electrons. The predicted octanol–water partition coefficient (Wildman–Crippen LogP) is 7.35. The molecule has 1 fully saturated rings. The van der Waals surface area contributed by atoms with E-state index >= 15 is 0 Å². The van der Waals surface area contributed by atoms with E-state index in [0.717, 1.165) is 5.92 Å². The van der Waals surface area contributed by atoms with Crippen LogP contribution in [0.3, 0.4) is 0 Å². The molecule has 0 bridgehead atoms. The summed E-state index contributed by atoms with van der Waals surface area (Å²) in [5.74, 6) is 0.725. The lowest BCUT2D eigenvalue weighted by molar-refractivity contribution is -0.659. The molecule has 1 heteroatoms. The lowest BCUT2D eigenvalue weighted by Gasteiger charge is -2.22. The number of pyridine rings is 1. The summed E-state index contributed by atoms with van der Waals surface area (Å²) in [6.45, 7) is 2.25. The van der Waals surface area contributed by atoms with Crippen LogP contribution in [-0.4, -0.2) is 0 Å². The fraction of sp³-hybridized carbons (Fsp3) is 0.276. The number of benzene rings is 3. The zero-order valence-electron chi connectivity index (χ0n) is 18.1. The van der Waals surface area contributed by atoms with Crippen LogP contribution in [0, 0.1) is 6.92 Å². The molecule has 4 aromatic rings. The summed E-state index contributed by atoms with van der Waals surface area (Å²) in [6.07, 6.45) is 9.03. The van der Waals surface area contributed by atoms with Gasteiger partial charge in [0.25, 0.3) is 0 Å². The number of hydrogen-bond donors (Lipinski definition) is 0. The average molecular weight is 393 g/mol. The first kappa shape index (κ1) is 19.1.